The minimum Gasteiger partial charge on any atom is -0.465 e. The second kappa shape index (κ2) is 9.22. The third kappa shape index (κ3) is 5.07. The Morgan fingerprint density at radius 1 is 1.12 bits per heavy atom. The lowest BCUT2D eigenvalue weighted by molar-refractivity contribution is -0.151. The van der Waals surface area contributed by atoms with Crippen LogP contribution in [0.4, 0.5) is 0 Å². The van der Waals surface area contributed by atoms with Gasteiger partial charge in [-0.3, -0.25) is 4.79 Å². The molecule has 3 nitrogen and oxygen atoms in total. The summed E-state index contributed by atoms with van der Waals surface area (Å²) in [5.74, 6) is -0.143. The lowest BCUT2D eigenvalue weighted by atomic mass is 9.75. The van der Waals surface area contributed by atoms with Crippen molar-refractivity contribution in [1.82, 2.24) is 0 Å². The van der Waals surface area contributed by atoms with E-state index in [-0.39, 0.29) is 11.9 Å². The van der Waals surface area contributed by atoms with Crippen LogP contribution in [0.3, 0.4) is 0 Å². The zero-order valence-corrected chi connectivity index (χ0v) is 15.2. The van der Waals surface area contributed by atoms with E-state index in [0.29, 0.717) is 32.3 Å². The highest BCUT2D eigenvalue weighted by Crippen LogP contribution is 2.40. The Labute approximate surface area is 146 Å². The molecule has 0 unspecified atom stereocenters. The molecule has 134 valence electrons. The van der Waals surface area contributed by atoms with Gasteiger partial charge in [0.1, 0.15) is 0 Å². The number of hydrogen-bond donors (Lipinski definition) is 1. The Kier molecular flexibility index (Phi) is 7.29. The summed E-state index contributed by atoms with van der Waals surface area (Å²) in [5, 5.41) is 11.0. The Balaban J connectivity index is 1.89. The van der Waals surface area contributed by atoms with E-state index >= 15 is 0 Å². The molecule has 0 saturated heterocycles. The van der Waals surface area contributed by atoms with Crippen molar-refractivity contribution in [3.8, 4) is 0 Å². The average molecular weight is 332 g/mol. The van der Waals surface area contributed by atoms with E-state index in [2.05, 4.69) is 31.2 Å². The fraction of sp³-hybridized carbons (Fsp3) is 0.667. The molecule has 1 N–H and O–H groups in total. The van der Waals surface area contributed by atoms with Gasteiger partial charge in [0.15, 0.2) is 0 Å². The summed E-state index contributed by atoms with van der Waals surface area (Å²) in [4.78, 5) is 12.0. The van der Waals surface area contributed by atoms with Crippen molar-refractivity contribution < 1.29 is 14.6 Å². The number of ether oxygens (including phenoxy) is 1. The van der Waals surface area contributed by atoms with Gasteiger partial charge >= 0.3 is 5.97 Å². The number of rotatable bonds is 8. The standard InChI is InChI=1S/C21H32O3/c1-3-5-6-7-17-8-10-19(11-9-17)21(23)14-12-18(13-15-21)20(22)24-16-4-2/h8-11,18,23H,3-7,12-16H2,1-2H3. The zero-order chi connectivity index (χ0) is 17.4. The SMILES string of the molecule is CCCCCc1ccc(C2(O)CCC(C(=O)OCCC)CC2)cc1. The number of carbonyl (C=O) groups excluding carboxylic acids is 1. The first-order valence-electron chi connectivity index (χ1n) is 9.57. The smallest absolute Gasteiger partial charge is 0.308 e. The molecular formula is C21H32O3. The fourth-order valence-electron chi connectivity index (χ4n) is 3.50. The molecule has 0 radical (unpaired) electrons. The van der Waals surface area contributed by atoms with Gasteiger partial charge in [0, 0.05) is 0 Å². The second-order valence-corrected chi connectivity index (χ2v) is 7.13. The highest BCUT2D eigenvalue weighted by Gasteiger charge is 2.37. The maximum absolute atomic E-state index is 12.0. The van der Waals surface area contributed by atoms with Crippen LogP contribution in [0.15, 0.2) is 24.3 Å². The quantitative estimate of drug-likeness (QED) is 0.552. The molecule has 2 rings (SSSR count). The summed E-state index contributed by atoms with van der Waals surface area (Å²) in [6.07, 6.45) is 8.37. The Hall–Kier alpha value is -1.35. The van der Waals surface area contributed by atoms with Gasteiger partial charge in [-0.05, 0) is 56.1 Å². The molecule has 0 heterocycles. The Bertz CT molecular complexity index is 498. The summed E-state index contributed by atoms with van der Waals surface area (Å²) >= 11 is 0. The normalized spacial score (nSPS) is 23.9. The highest BCUT2D eigenvalue weighted by molar-refractivity contribution is 5.72. The Morgan fingerprint density at radius 2 is 1.79 bits per heavy atom. The van der Waals surface area contributed by atoms with E-state index in [9.17, 15) is 9.90 Å². The van der Waals surface area contributed by atoms with Gasteiger partial charge in [-0.1, -0.05) is 51.0 Å². The van der Waals surface area contributed by atoms with Crippen molar-refractivity contribution in [3.63, 3.8) is 0 Å². The largest absolute Gasteiger partial charge is 0.465 e. The molecule has 0 aromatic heterocycles. The molecule has 0 bridgehead atoms. The molecule has 1 aromatic carbocycles. The number of carbonyl (C=O) groups is 1. The molecular weight excluding hydrogens is 300 g/mol. The number of unbranched alkanes of at least 4 members (excludes halogenated alkanes) is 2. The third-order valence-electron chi connectivity index (χ3n) is 5.15. The fourth-order valence-corrected chi connectivity index (χ4v) is 3.50. The van der Waals surface area contributed by atoms with Crippen molar-refractivity contribution in [1.29, 1.82) is 0 Å². The minimum atomic E-state index is -0.788. The van der Waals surface area contributed by atoms with E-state index in [1.807, 2.05) is 6.92 Å². The lowest BCUT2D eigenvalue weighted by Crippen LogP contribution is -2.34. The summed E-state index contributed by atoms with van der Waals surface area (Å²) in [5.41, 5.74) is 1.54. The second-order valence-electron chi connectivity index (χ2n) is 7.13. The predicted molar refractivity (Wildman–Crippen MR) is 96.8 cm³/mol. The van der Waals surface area contributed by atoms with Crippen LogP contribution in [0.2, 0.25) is 0 Å². The summed E-state index contributed by atoms with van der Waals surface area (Å²) < 4.78 is 5.25. The Morgan fingerprint density at radius 3 is 2.38 bits per heavy atom. The number of aliphatic hydroxyl groups is 1. The van der Waals surface area contributed by atoms with Crippen molar-refractivity contribution in [3.05, 3.63) is 35.4 Å². The molecule has 0 atom stereocenters. The van der Waals surface area contributed by atoms with Gasteiger partial charge in [-0.15, -0.1) is 0 Å². The molecule has 1 fully saturated rings. The first-order chi connectivity index (χ1) is 11.6. The molecule has 0 aliphatic heterocycles. The number of aryl methyl sites for hydroxylation is 1. The zero-order valence-electron chi connectivity index (χ0n) is 15.2. The van der Waals surface area contributed by atoms with Crippen LogP contribution in [-0.4, -0.2) is 17.7 Å². The highest BCUT2D eigenvalue weighted by atomic mass is 16.5. The van der Waals surface area contributed by atoms with Gasteiger partial charge in [0.05, 0.1) is 18.1 Å². The van der Waals surface area contributed by atoms with Gasteiger partial charge in [-0.2, -0.15) is 0 Å². The molecule has 1 aliphatic rings. The van der Waals surface area contributed by atoms with Crippen LogP contribution in [0.5, 0.6) is 0 Å². The van der Waals surface area contributed by atoms with Gasteiger partial charge < -0.3 is 9.84 Å². The van der Waals surface area contributed by atoms with Crippen LogP contribution in [0.25, 0.3) is 0 Å². The van der Waals surface area contributed by atoms with Crippen LogP contribution < -0.4 is 0 Å². The predicted octanol–water partition coefficient (Wildman–Crippen LogP) is 4.75. The summed E-state index contributed by atoms with van der Waals surface area (Å²) in [7, 11) is 0. The van der Waals surface area contributed by atoms with Gasteiger partial charge in [-0.25, -0.2) is 0 Å². The van der Waals surface area contributed by atoms with E-state index in [1.165, 1.54) is 24.8 Å². The van der Waals surface area contributed by atoms with Crippen molar-refractivity contribution in [2.75, 3.05) is 6.61 Å². The van der Waals surface area contributed by atoms with E-state index in [1.54, 1.807) is 0 Å². The number of esters is 1. The third-order valence-corrected chi connectivity index (χ3v) is 5.15. The van der Waals surface area contributed by atoms with Crippen LogP contribution >= 0.6 is 0 Å². The van der Waals surface area contributed by atoms with Crippen molar-refractivity contribution >= 4 is 5.97 Å². The first-order valence-corrected chi connectivity index (χ1v) is 9.57. The molecule has 1 saturated carbocycles. The van der Waals surface area contributed by atoms with Crippen LogP contribution in [0, 0.1) is 5.92 Å². The van der Waals surface area contributed by atoms with E-state index in [4.69, 9.17) is 4.74 Å². The maximum atomic E-state index is 12.0. The maximum Gasteiger partial charge on any atom is 0.308 e. The molecule has 0 amide bonds. The molecule has 0 spiro atoms. The summed E-state index contributed by atoms with van der Waals surface area (Å²) in [6.45, 7) is 4.71. The van der Waals surface area contributed by atoms with Gasteiger partial charge in [0.25, 0.3) is 0 Å². The molecule has 24 heavy (non-hydrogen) atoms. The minimum absolute atomic E-state index is 0.0508. The summed E-state index contributed by atoms with van der Waals surface area (Å²) in [6, 6.07) is 8.42. The molecule has 1 aliphatic carbocycles. The number of hydrogen-bond acceptors (Lipinski definition) is 3. The lowest BCUT2D eigenvalue weighted by Gasteiger charge is -2.35. The van der Waals surface area contributed by atoms with Crippen molar-refractivity contribution in [2.24, 2.45) is 5.92 Å². The first kappa shape index (κ1) is 19.0. The van der Waals surface area contributed by atoms with Crippen LogP contribution in [0.1, 0.15) is 76.3 Å². The van der Waals surface area contributed by atoms with E-state index < -0.39 is 5.60 Å². The molecule has 3 heteroatoms. The van der Waals surface area contributed by atoms with E-state index in [0.717, 1.165) is 18.4 Å². The topological polar surface area (TPSA) is 46.5 Å². The van der Waals surface area contributed by atoms with Gasteiger partial charge in [0.2, 0.25) is 0 Å². The number of benzene rings is 1. The average Bonchev–Trinajstić information content (AvgIpc) is 2.61. The molecule has 1 aromatic rings. The van der Waals surface area contributed by atoms with Crippen LogP contribution in [-0.2, 0) is 21.6 Å². The monoisotopic (exact) mass is 332 g/mol. The van der Waals surface area contributed by atoms with Crippen molar-refractivity contribution in [2.45, 2.75) is 77.2 Å².